The Balaban J connectivity index is 1.74. The van der Waals surface area contributed by atoms with E-state index in [1.807, 2.05) is 6.92 Å². The van der Waals surface area contributed by atoms with E-state index in [1.54, 1.807) is 28.0 Å². The fourth-order valence-corrected chi connectivity index (χ4v) is 4.11. The van der Waals surface area contributed by atoms with E-state index < -0.39 is 5.60 Å². The number of likely N-dealkylation sites (tertiary alicyclic amines) is 2. The van der Waals surface area contributed by atoms with Gasteiger partial charge in [-0.2, -0.15) is 0 Å². The number of nitrogens with zero attached hydrogens (tertiary/aromatic N) is 2. The number of hydrogen-bond donors (Lipinski definition) is 1. The Morgan fingerprint density at radius 1 is 1.27 bits per heavy atom. The number of amides is 2. The third-order valence-electron chi connectivity index (χ3n) is 5.68. The molecule has 0 saturated carbocycles. The highest BCUT2D eigenvalue weighted by Crippen LogP contribution is 2.36. The molecule has 1 N–H and O–H groups in total. The van der Waals surface area contributed by atoms with Gasteiger partial charge in [0, 0.05) is 49.8 Å². The van der Waals surface area contributed by atoms with Gasteiger partial charge in [-0.3, -0.25) is 9.59 Å². The molecule has 26 heavy (non-hydrogen) atoms. The molecule has 0 unspecified atom stereocenters. The highest BCUT2D eigenvalue weighted by atomic mass is 35.5. The van der Waals surface area contributed by atoms with Crippen LogP contribution in [0, 0.1) is 12.8 Å². The normalized spacial score (nSPS) is 25.8. The van der Waals surface area contributed by atoms with Crippen LogP contribution in [0.3, 0.4) is 0 Å². The molecule has 2 saturated heterocycles. The fourth-order valence-electron chi connectivity index (χ4n) is 3.94. The highest BCUT2D eigenvalue weighted by Gasteiger charge is 2.46. The summed E-state index contributed by atoms with van der Waals surface area (Å²) in [5.41, 5.74) is 0.538. The van der Waals surface area contributed by atoms with Crippen LogP contribution < -0.4 is 0 Å². The lowest BCUT2D eigenvalue weighted by Gasteiger charge is -2.50. The van der Waals surface area contributed by atoms with Crippen molar-refractivity contribution in [3.63, 3.8) is 0 Å². The summed E-state index contributed by atoms with van der Waals surface area (Å²) in [5, 5.41) is 11.5. The zero-order valence-corrected chi connectivity index (χ0v) is 16.0. The molecule has 7 heteroatoms. The molecule has 2 atom stereocenters. The van der Waals surface area contributed by atoms with Gasteiger partial charge < -0.3 is 19.6 Å². The van der Waals surface area contributed by atoms with Crippen molar-refractivity contribution >= 4 is 23.4 Å². The van der Waals surface area contributed by atoms with E-state index in [0.29, 0.717) is 49.6 Å². The largest absolute Gasteiger partial charge is 0.389 e. The standard InChI is InChI=1S/C19H25ClN2O4/c1-13-15(4-3-5-16(13)20)18(24)22-9-7-19(25)6-8-21(10-14(19)11-22)17(23)12-26-2/h3-5,14,25H,6-12H2,1-2H3/t14-,19-/m0/s1. The topological polar surface area (TPSA) is 70.1 Å². The van der Waals surface area contributed by atoms with Gasteiger partial charge in [-0.1, -0.05) is 17.7 Å². The number of carbonyl (C=O) groups is 2. The zero-order chi connectivity index (χ0) is 18.9. The number of ether oxygens (including phenoxy) is 1. The molecule has 142 valence electrons. The van der Waals surface area contributed by atoms with Crippen molar-refractivity contribution in [3.05, 3.63) is 34.3 Å². The van der Waals surface area contributed by atoms with Crippen molar-refractivity contribution in [1.29, 1.82) is 0 Å². The molecule has 2 amide bonds. The number of rotatable bonds is 3. The SMILES string of the molecule is COCC(=O)N1CC[C@]2(O)CCN(C(=O)c3cccc(Cl)c3C)C[C@@H]2C1. The van der Waals surface area contributed by atoms with Crippen molar-refractivity contribution in [2.45, 2.75) is 25.4 Å². The predicted molar refractivity (Wildman–Crippen MR) is 98.2 cm³/mol. The first-order valence-electron chi connectivity index (χ1n) is 8.89. The summed E-state index contributed by atoms with van der Waals surface area (Å²) in [7, 11) is 1.49. The number of piperidine rings is 2. The minimum absolute atomic E-state index is 0.0372. The Hall–Kier alpha value is -1.63. The Labute approximate surface area is 158 Å². The summed E-state index contributed by atoms with van der Waals surface area (Å²) < 4.78 is 4.93. The lowest BCUT2D eigenvalue weighted by Crippen LogP contribution is -2.61. The van der Waals surface area contributed by atoms with Gasteiger partial charge in [-0.15, -0.1) is 0 Å². The molecular formula is C19H25ClN2O4. The first kappa shape index (κ1) is 19.1. The van der Waals surface area contributed by atoms with Crippen LogP contribution in [0.4, 0.5) is 0 Å². The Kier molecular flexibility index (Phi) is 5.55. The zero-order valence-electron chi connectivity index (χ0n) is 15.2. The first-order chi connectivity index (χ1) is 12.4. The van der Waals surface area contributed by atoms with Gasteiger partial charge in [0.05, 0.1) is 5.60 Å². The van der Waals surface area contributed by atoms with E-state index in [4.69, 9.17) is 16.3 Å². The molecule has 2 aliphatic heterocycles. The predicted octanol–water partition coefficient (Wildman–Crippen LogP) is 1.72. The molecule has 2 fully saturated rings. The highest BCUT2D eigenvalue weighted by molar-refractivity contribution is 6.31. The van der Waals surface area contributed by atoms with Crippen molar-refractivity contribution in [2.75, 3.05) is 39.9 Å². The van der Waals surface area contributed by atoms with E-state index in [-0.39, 0.29) is 24.3 Å². The van der Waals surface area contributed by atoms with Crippen LogP contribution in [-0.2, 0) is 9.53 Å². The summed E-state index contributed by atoms with van der Waals surface area (Å²) in [5.74, 6) is -0.315. The van der Waals surface area contributed by atoms with Gasteiger partial charge in [0.2, 0.25) is 5.91 Å². The number of halogens is 1. The molecule has 2 aliphatic rings. The Morgan fingerprint density at radius 2 is 1.92 bits per heavy atom. The maximum Gasteiger partial charge on any atom is 0.254 e. The third-order valence-corrected chi connectivity index (χ3v) is 6.09. The van der Waals surface area contributed by atoms with Gasteiger partial charge >= 0.3 is 0 Å². The van der Waals surface area contributed by atoms with Crippen LogP contribution in [-0.4, -0.2) is 72.2 Å². The van der Waals surface area contributed by atoms with Crippen LogP contribution in [0.1, 0.15) is 28.8 Å². The summed E-state index contributed by atoms with van der Waals surface area (Å²) in [4.78, 5) is 28.6. The minimum atomic E-state index is -0.815. The molecule has 0 bridgehead atoms. The monoisotopic (exact) mass is 380 g/mol. The average Bonchev–Trinajstić information content (AvgIpc) is 2.62. The number of benzene rings is 1. The van der Waals surface area contributed by atoms with Gasteiger partial charge in [0.25, 0.3) is 5.91 Å². The maximum atomic E-state index is 13.0. The van der Waals surface area contributed by atoms with Gasteiger partial charge in [-0.25, -0.2) is 0 Å². The van der Waals surface area contributed by atoms with Crippen molar-refractivity contribution in [3.8, 4) is 0 Å². The van der Waals surface area contributed by atoms with E-state index in [1.165, 1.54) is 7.11 Å². The molecule has 0 radical (unpaired) electrons. The molecule has 0 aliphatic carbocycles. The number of aliphatic hydroxyl groups is 1. The minimum Gasteiger partial charge on any atom is -0.389 e. The van der Waals surface area contributed by atoms with Crippen molar-refractivity contribution < 1.29 is 19.4 Å². The molecule has 6 nitrogen and oxygen atoms in total. The lowest BCUT2D eigenvalue weighted by molar-refractivity contribution is -0.148. The molecular weight excluding hydrogens is 356 g/mol. The third kappa shape index (κ3) is 3.59. The second kappa shape index (κ2) is 7.55. The van der Waals surface area contributed by atoms with Crippen LogP contribution in [0.2, 0.25) is 5.02 Å². The summed E-state index contributed by atoms with van der Waals surface area (Å²) in [6.45, 7) is 3.77. The second-order valence-corrected chi connectivity index (χ2v) is 7.64. The second-order valence-electron chi connectivity index (χ2n) is 7.24. The lowest BCUT2D eigenvalue weighted by atomic mass is 9.75. The van der Waals surface area contributed by atoms with E-state index in [0.717, 1.165) is 5.56 Å². The molecule has 3 rings (SSSR count). The summed E-state index contributed by atoms with van der Waals surface area (Å²) >= 11 is 6.15. The summed E-state index contributed by atoms with van der Waals surface area (Å²) in [6.07, 6.45) is 1.06. The fraction of sp³-hybridized carbons (Fsp3) is 0.579. The molecule has 1 aromatic rings. The summed E-state index contributed by atoms with van der Waals surface area (Å²) in [6, 6.07) is 5.32. The van der Waals surface area contributed by atoms with E-state index >= 15 is 0 Å². The molecule has 2 heterocycles. The van der Waals surface area contributed by atoms with Crippen molar-refractivity contribution in [1.82, 2.24) is 9.80 Å². The van der Waals surface area contributed by atoms with Gasteiger partial charge in [0.15, 0.2) is 0 Å². The quantitative estimate of drug-likeness (QED) is 0.866. The van der Waals surface area contributed by atoms with Crippen molar-refractivity contribution in [2.24, 2.45) is 5.92 Å². The number of methoxy groups -OCH3 is 1. The van der Waals surface area contributed by atoms with E-state index in [2.05, 4.69) is 0 Å². The van der Waals surface area contributed by atoms with Crippen LogP contribution >= 0.6 is 11.6 Å². The number of carbonyl (C=O) groups excluding carboxylic acids is 2. The van der Waals surface area contributed by atoms with Gasteiger partial charge in [-0.05, 0) is 37.5 Å². The maximum absolute atomic E-state index is 13.0. The number of hydrogen-bond acceptors (Lipinski definition) is 4. The van der Waals surface area contributed by atoms with Crippen LogP contribution in [0.25, 0.3) is 0 Å². The first-order valence-corrected chi connectivity index (χ1v) is 9.27. The van der Waals surface area contributed by atoms with Gasteiger partial charge in [0.1, 0.15) is 6.61 Å². The molecule has 0 spiro atoms. The Bertz CT molecular complexity index is 711. The number of fused-ring (bicyclic) bond motifs is 1. The van der Waals surface area contributed by atoms with Crippen LogP contribution in [0.15, 0.2) is 18.2 Å². The Morgan fingerprint density at radius 3 is 2.62 bits per heavy atom. The molecule has 1 aromatic carbocycles. The molecule has 0 aromatic heterocycles. The average molecular weight is 381 g/mol. The van der Waals surface area contributed by atoms with Crippen LogP contribution in [0.5, 0.6) is 0 Å². The van der Waals surface area contributed by atoms with E-state index in [9.17, 15) is 14.7 Å². The smallest absolute Gasteiger partial charge is 0.254 e.